The summed E-state index contributed by atoms with van der Waals surface area (Å²) in [6, 6.07) is 19.1. The lowest BCUT2D eigenvalue weighted by molar-refractivity contribution is 0.0269. The van der Waals surface area contributed by atoms with Crippen LogP contribution in [0, 0.1) is 0 Å². The number of ketones is 1. The molecule has 1 N–H and O–H groups in total. The van der Waals surface area contributed by atoms with Gasteiger partial charge in [0.05, 0.1) is 0 Å². The van der Waals surface area contributed by atoms with Crippen LogP contribution in [0.25, 0.3) is 11.1 Å². The number of rotatable bonds is 6. The van der Waals surface area contributed by atoms with Crippen LogP contribution in [0.2, 0.25) is 0 Å². The van der Waals surface area contributed by atoms with Gasteiger partial charge in [-0.25, -0.2) is 0 Å². The Morgan fingerprint density at radius 2 is 1.67 bits per heavy atom. The first-order valence-corrected chi connectivity index (χ1v) is 11.3. The van der Waals surface area contributed by atoms with Gasteiger partial charge in [0.1, 0.15) is 6.61 Å². The van der Waals surface area contributed by atoms with Crippen molar-refractivity contribution in [2.45, 2.75) is 32.5 Å². The summed E-state index contributed by atoms with van der Waals surface area (Å²) in [5.41, 5.74) is 4.15. The predicted molar refractivity (Wildman–Crippen MR) is 128 cm³/mol. The zero-order valence-corrected chi connectivity index (χ0v) is 19.0. The topological polar surface area (TPSA) is 73.7 Å². The Morgan fingerprint density at radius 1 is 0.970 bits per heavy atom. The van der Waals surface area contributed by atoms with E-state index in [9.17, 15) is 9.59 Å². The molecule has 1 saturated heterocycles. The quantitative estimate of drug-likeness (QED) is 0.589. The number of carbonyl (C=O) groups excluding carboxylic acids is 2. The van der Waals surface area contributed by atoms with E-state index in [2.05, 4.69) is 23.7 Å². The van der Waals surface area contributed by atoms with Crippen LogP contribution in [0.15, 0.2) is 73.1 Å². The van der Waals surface area contributed by atoms with E-state index in [1.54, 1.807) is 24.5 Å². The molecule has 4 rings (SSSR count). The van der Waals surface area contributed by atoms with Crippen LogP contribution in [-0.4, -0.2) is 63.4 Å². The van der Waals surface area contributed by atoms with Gasteiger partial charge in [0.15, 0.2) is 5.78 Å². The number of Topliss-reactive ketones (excluding diaryl/α,β-unsaturated/α-hetero) is 1. The minimum atomic E-state index is -0.478. The highest BCUT2D eigenvalue weighted by molar-refractivity contribution is 6.01. The first-order chi connectivity index (χ1) is 16.0. The first-order valence-electron chi connectivity index (χ1n) is 11.3. The van der Waals surface area contributed by atoms with Gasteiger partial charge in [-0.15, -0.1) is 0 Å². The lowest BCUT2D eigenvalue weighted by Crippen LogP contribution is -2.58. The fourth-order valence-corrected chi connectivity index (χ4v) is 4.69. The summed E-state index contributed by atoms with van der Waals surface area (Å²) < 4.78 is 0. The average molecular weight is 444 g/mol. The van der Waals surface area contributed by atoms with Crippen molar-refractivity contribution in [1.82, 2.24) is 14.8 Å². The molecule has 0 radical (unpaired) electrons. The molecule has 0 aliphatic carbocycles. The van der Waals surface area contributed by atoms with Crippen molar-refractivity contribution in [2.24, 2.45) is 0 Å². The SMILES string of the molecule is C[C@@H]1CN(Cc2ccc(C(=O)CO)cc2)C[C@H](C)N1C(=O)c1ccccc1-c1cccnc1. The van der Waals surface area contributed by atoms with Crippen LogP contribution in [0.1, 0.15) is 40.1 Å². The molecule has 1 aliphatic rings. The third kappa shape index (κ3) is 5.02. The van der Waals surface area contributed by atoms with Gasteiger partial charge in [0, 0.05) is 60.8 Å². The summed E-state index contributed by atoms with van der Waals surface area (Å²) in [5, 5.41) is 9.02. The molecular weight excluding hydrogens is 414 g/mol. The number of hydrogen-bond donors (Lipinski definition) is 1. The largest absolute Gasteiger partial charge is 0.388 e. The fourth-order valence-electron chi connectivity index (χ4n) is 4.69. The van der Waals surface area contributed by atoms with Gasteiger partial charge in [0.2, 0.25) is 0 Å². The minimum absolute atomic E-state index is 0.0426. The van der Waals surface area contributed by atoms with Crippen LogP contribution < -0.4 is 0 Å². The highest BCUT2D eigenvalue weighted by Crippen LogP contribution is 2.27. The van der Waals surface area contributed by atoms with Crippen LogP contribution in [0.3, 0.4) is 0 Å². The Hall–Kier alpha value is -3.35. The molecule has 1 amide bonds. The second kappa shape index (κ2) is 10.1. The number of piperazine rings is 1. The number of pyridine rings is 1. The average Bonchev–Trinajstić information content (AvgIpc) is 2.84. The Balaban J connectivity index is 1.48. The molecule has 6 heteroatoms. The summed E-state index contributed by atoms with van der Waals surface area (Å²) in [6.07, 6.45) is 3.52. The smallest absolute Gasteiger partial charge is 0.255 e. The highest BCUT2D eigenvalue weighted by Gasteiger charge is 2.34. The molecule has 1 aromatic heterocycles. The first kappa shape index (κ1) is 22.8. The van der Waals surface area contributed by atoms with Crippen molar-refractivity contribution in [3.8, 4) is 11.1 Å². The molecule has 0 spiro atoms. The third-order valence-corrected chi connectivity index (χ3v) is 6.18. The molecule has 6 nitrogen and oxygen atoms in total. The molecule has 2 heterocycles. The Kier molecular flexibility index (Phi) is 6.96. The molecule has 0 unspecified atom stereocenters. The van der Waals surface area contributed by atoms with Gasteiger partial charge in [-0.1, -0.05) is 48.5 Å². The Morgan fingerprint density at radius 3 is 2.30 bits per heavy atom. The van der Waals surface area contributed by atoms with Crippen molar-refractivity contribution < 1.29 is 14.7 Å². The molecule has 2 atom stereocenters. The van der Waals surface area contributed by atoms with E-state index >= 15 is 0 Å². The van der Waals surface area contributed by atoms with Gasteiger partial charge in [-0.3, -0.25) is 19.5 Å². The minimum Gasteiger partial charge on any atom is -0.388 e. The molecule has 0 saturated carbocycles. The summed E-state index contributed by atoms with van der Waals surface area (Å²) >= 11 is 0. The maximum atomic E-state index is 13.6. The van der Waals surface area contributed by atoms with Crippen LogP contribution in [0.4, 0.5) is 0 Å². The van der Waals surface area contributed by atoms with Crippen LogP contribution >= 0.6 is 0 Å². The second-order valence-corrected chi connectivity index (χ2v) is 8.67. The molecule has 33 heavy (non-hydrogen) atoms. The van der Waals surface area contributed by atoms with Gasteiger partial charge >= 0.3 is 0 Å². The number of aliphatic hydroxyl groups excluding tert-OH is 1. The van der Waals surface area contributed by atoms with E-state index in [0.717, 1.165) is 36.3 Å². The van der Waals surface area contributed by atoms with E-state index < -0.39 is 6.61 Å². The van der Waals surface area contributed by atoms with E-state index in [1.165, 1.54) is 0 Å². The number of aliphatic hydroxyl groups is 1. The molecule has 0 bridgehead atoms. The maximum Gasteiger partial charge on any atom is 0.255 e. The third-order valence-electron chi connectivity index (χ3n) is 6.18. The van der Waals surface area contributed by atoms with Gasteiger partial charge < -0.3 is 10.0 Å². The van der Waals surface area contributed by atoms with Crippen LogP contribution in [0.5, 0.6) is 0 Å². The second-order valence-electron chi connectivity index (χ2n) is 8.67. The number of nitrogens with zero attached hydrogens (tertiary/aromatic N) is 3. The van der Waals surface area contributed by atoms with Crippen molar-refractivity contribution in [3.05, 3.63) is 89.7 Å². The van der Waals surface area contributed by atoms with Crippen molar-refractivity contribution in [1.29, 1.82) is 0 Å². The van der Waals surface area contributed by atoms with E-state index in [-0.39, 0.29) is 23.8 Å². The summed E-state index contributed by atoms with van der Waals surface area (Å²) in [4.78, 5) is 33.8. The molecule has 1 aliphatic heterocycles. The summed E-state index contributed by atoms with van der Waals surface area (Å²) in [6.45, 7) is 5.99. The van der Waals surface area contributed by atoms with E-state index in [1.807, 2.05) is 53.4 Å². The zero-order valence-electron chi connectivity index (χ0n) is 19.0. The zero-order chi connectivity index (χ0) is 23.4. The molecular formula is C27H29N3O3. The standard InChI is InChI=1S/C27H29N3O3/c1-19-15-29(17-21-9-11-22(12-10-21)26(32)18-31)16-20(2)30(19)27(33)25-8-4-3-7-24(25)23-6-5-13-28-14-23/h3-14,19-20,31H,15-18H2,1-2H3/t19-,20+. The van der Waals surface area contributed by atoms with Crippen molar-refractivity contribution in [2.75, 3.05) is 19.7 Å². The highest BCUT2D eigenvalue weighted by atomic mass is 16.3. The normalized spacial score (nSPS) is 18.8. The van der Waals surface area contributed by atoms with E-state index in [0.29, 0.717) is 11.1 Å². The number of benzene rings is 2. The Bertz CT molecular complexity index is 1100. The van der Waals surface area contributed by atoms with Crippen molar-refractivity contribution in [3.63, 3.8) is 0 Å². The molecule has 3 aromatic rings. The fraction of sp³-hybridized carbons (Fsp3) is 0.296. The van der Waals surface area contributed by atoms with Crippen molar-refractivity contribution >= 4 is 11.7 Å². The predicted octanol–water partition coefficient (Wildman–Crippen LogP) is 3.66. The molecule has 2 aromatic carbocycles. The monoisotopic (exact) mass is 443 g/mol. The number of hydrogen-bond acceptors (Lipinski definition) is 5. The van der Waals surface area contributed by atoms with Crippen LogP contribution in [-0.2, 0) is 6.54 Å². The summed E-state index contributed by atoms with van der Waals surface area (Å²) in [5.74, 6) is -0.233. The lowest BCUT2D eigenvalue weighted by atomic mass is 9.98. The maximum absolute atomic E-state index is 13.6. The molecule has 1 fully saturated rings. The summed E-state index contributed by atoms with van der Waals surface area (Å²) in [7, 11) is 0. The van der Waals surface area contributed by atoms with Gasteiger partial charge in [-0.05, 0) is 37.1 Å². The van der Waals surface area contributed by atoms with Gasteiger partial charge in [-0.2, -0.15) is 0 Å². The number of amides is 1. The molecule has 170 valence electrons. The lowest BCUT2D eigenvalue weighted by Gasteiger charge is -2.44. The van der Waals surface area contributed by atoms with Gasteiger partial charge in [0.25, 0.3) is 5.91 Å². The number of aromatic nitrogens is 1. The van der Waals surface area contributed by atoms with E-state index in [4.69, 9.17) is 5.11 Å². The Labute approximate surface area is 194 Å². The number of carbonyl (C=O) groups is 2.